The molecule has 0 aliphatic carbocycles. The number of hydrogen-bond acceptors (Lipinski definition) is 4. The van der Waals surface area contributed by atoms with Crippen molar-refractivity contribution in [1.82, 2.24) is 0 Å². The van der Waals surface area contributed by atoms with E-state index in [1.807, 2.05) is 30.3 Å². The van der Waals surface area contributed by atoms with Gasteiger partial charge in [0.15, 0.2) is 6.61 Å². The van der Waals surface area contributed by atoms with Crippen molar-refractivity contribution >= 4 is 17.6 Å². The van der Waals surface area contributed by atoms with Crippen molar-refractivity contribution in [2.45, 2.75) is 6.61 Å². The van der Waals surface area contributed by atoms with Gasteiger partial charge in [-0.3, -0.25) is 4.79 Å². The van der Waals surface area contributed by atoms with Crippen LogP contribution in [-0.4, -0.2) is 18.5 Å². The molecular weight excluding hydrogens is 342 g/mol. The van der Waals surface area contributed by atoms with Gasteiger partial charge in [-0.2, -0.15) is 0 Å². The molecule has 0 saturated heterocycles. The number of esters is 1. The summed E-state index contributed by atoms with van der Waals surface area (Å²) in [5, 5.41) is 2.68. The Balaban J connectivity index is 1.45. The predicted molar refractivity (Wildman–Crippen MR) is 103 cm³/mol. The van der Waals surface area contributed by atoms with Crippen LogP contribution < -0.4 is 10.1 Å². The molecule has 0 aliphatic heterocycles. The Kier molecular flexibility index (Phi) is 6.20. The van der Waals surface area contributed by atoms with Crippen molar-refractivity contribution in [3.05, 3.63) is 96.1 Å². The normalized spacial score (nSPS) is 10.1. The van der Waals surface area contributed by atoms with Gasteiger partial charge in [0.2, 0.25) is 0 Å². The highest BCUT2D eigenvalue weighted by Crippen LogP contribution is 2.17. The third kappa shape index (κ3) is 5.71. The molecule has 0 spiro atoms. The zero-order valence-corrected chi connectivity index (χ0v) is 14.6. The van der Waals surface area contributed by atoms with E-state index in [2.05, 4.69) is 5.32 Å². The number of hydrogen-bond donors (Lipinski definition) is 1. The lowest BCUT2D eigenvalue weighted by molar-refractivity contribution is -0.119. The Labute approximate surface area is 157 Å². The summed E-state index contributed by atoms with van der Waals surface area (Å²) in [6, 6.07) is 25.4. The maximum atomic E-state index is 11.9. The molecule has 0 heterocycles. The highest BCUT2D eigenvalue weighted by atomic mass is 16.5. The van der Waals surface area contributed by atoms with Crippen molar-refractivity contribution in [1.29, 1.82) is 0 Å². The first-order chi connectivity index (χ1) is 13.2. The van der Waals surface area contributed by atoms with Gasteiger partial charge in [-0.15, -0.1) is 0 Å². The van der Waals surface area contributed by atoms with Gasteiger partial charge in [-0.1, -0.05) is 48.5 Å². The topological polar surface area (TPSA) is 64.6 Å². The third-order valence-electron chi connectivity index (χ3n) is 3.73. The third-order valence-corrected chi connectivity index (χ3v) is 3.73. The van der Waals surface area contributed by atoms with Crippen LogP contribution in [0.4, 0.5) is 5.69 Å². The van der Waals surface area contributed by atoms with Crippen LogP contribution in [0.3, 0.4) is 0 Å². The molecule has 0 atom stereocenters. The Morgan fingerprint density at radius 2 is 1.41 bits per heavy atom. The van der Waals surface area contributed by atoms with E-state index in [4.69, 9.17) is 9.47 Å². The standard InChI is InChI=1S/C22H19NO4/c24-21(16-27-22(25)18-9-5-2-6-10-18)23-19-11-13-20(14-12-19)26-15-17-7-3-1-4-8-17/h1-14H,15-16H2,(H,23,24). The van der Waals surface area contributed by atoms with Gasteiger partial charge in [-0.05, 0) is 42.0 Å². The number of benzene rings is 3. The zero-order valence-electron chi connectivity index (χ0n) is 14.6. The molecule has 0 radical (unpaired) electrons. The van der Waals surface area contributed by atoms with Gasteiger partial charge in [0.1, 0.15) is 12.4 Å². The highest BCUT2D eigenvalue weighted by Gasteiger charge is 2.09. The minimum atomic E-state index is -0.532. The summed E-state index contributed by atoms with van der Waals surface area (Å²) in [4.78, 5) is 23.7. The van der Waals surface area contributed by atoms with E-state index in [9.17, 15) is 9.59 Å². The first-order valence-corrected chi connectivity index (χ1v) is 8.49. The van der Waals surface area contributed by atoms with Gasteiger partial charge in [0.25, 0.3) is 5.91 Å². The summed E-state index contributed by atoms with van der Waals surface area (Å²) in [6.07, 6.45) is 0. The van der Waals surface area contributed by atoms with E-state index in [0.717, 1.165) is 5.56 Å². The Bertz CT molecular complexity index is 877. The highest BCUT2D eigenvalue weighted by molar-refractivity contribution is 5.95. The first-order valence-electron chi connectivity index (χ1n) is 8.49. The number of amides is 1. The van der Waals surface area contributed by atoms with Gasteiger partial charge in [-0.25, -0.2) is 4.79 Å². The molecule has 3 aromatic carbocycles. The van der Waals surface area contributed by atoms with Gasteiger partial charge >= 0.3 is 5.97 Å². The van der Waals surface area contributed by atoms with Crippen LogP contribution >= 0.6 is 0 Å². The molecule has 5 nitrogen and oxygen atoms in total. The summed E-state index contributed by atoms with van der Waals surface area (Å²) in [5.41, 5.74) is 2.09. The smallest absolute Gasteiger partial charge is 0.338 e. The van der Waals surface area contributed by atoms with Crippen LogP contribution in [0.5, 0.6) is 5.75 Å². The second-order valence-corrected chi connectivity index (χ2v) is 5.79. The molecule has 27 heavy (non-hydrogen) atoms. The van der Waals surface area contributed by atoms with Crippen LogP contribution in [0.25, 0.3) is 0 Å². The van der Waals surface area contributed by atoms with Gasteiger partial charge in [0, 0.05) is 5.69 Å². The summed E-state index contributed by atoms with van der Waals surface area (Å²) < 4.78 is 10.7. The van der Waals surface area contributed by atoms with Crippen molar-refractivity contribution < 1.29 is 19.1 Å². The van der Waals surface area contributed by atoms with Crippen molar-refractivity contribution in [2.75, 3.05) is 11.9 Å². The minimum Gasteiger partial charge on any atom is -0.489 e. The van der Waals surface area contributed by atoms with Crippen molar-refractivity contribution in [3.8, 4) is 5.75 Å². The van der Waals surface area contributed by atoms with Crippen molar-refractivity contribution in [2.24, 2.45) is 0 Å². The Morgan fingerprint density at radius 1 is 0.778 bits per heavy atom. The summed E-state index contributed by atoms with van der Waals surface area (Å²) in [5.74, 6) is -0.236. The average Bonchev–Trinajstić information content (AvgIpc) is 2.73. The van der Waals surface area contributed by atoms with Gasteiger partial charge in [0.05, 0.1) is 5.56 Å². The molecule has 0 aliphatic rings. The predicted octanol–water partition coefficient (Wildman–Crippen LogP) is 4.06. The lowest BCUT2D eigenvalue weighted by Gasteiger charge is -2.09. The fourth-order valence-corrected chi connectivity index (χ4v) is 2.36. The summed E-state index contributed by atoms with van der Waals surface area (Å²) >= 11 is 0. The van der Waals surface area contributed by atoms with Crippen LogP contribution in [0, 0.1) is 0 Å². The van der Waals surface area contributed by atoms with Crippen LogP contribution in [0.2, 0.25) is 0 Å². The van der Waals surface area contributed by atoms with E-state index in [1.54, 1.807) is 54.6 Å². The number of rotatable bonds is 7. The first kappa shape index (κ1) is 18.2. The molecule has 1 amide bonds. The summed E-state index contributed by atoms with van der Waals surface area (Å²) in [6.45, 7) is 0.127. The zero-order chi connectivity index (χ0) is 18.9. The van der Waals surface area contributed by atoms with Crippen LogP contribution in [0.1, 0.15) is 15.9 Å². The fourth-order valence-electron chi connectivity index (χ4n) is 2.36. The molecule has 3 rings (SSSR count). The number of carbonyl (C=O) groups excluding carboxylic acids is 2. The van der Waals surface area contributed by atoms with E-state index in [0.29, 0.717) is 23.6 Å². The van der Waals surface area contributed by atoms with Crippen LogP contribution in [0.15, 0.2) is 84.9 Å². The van der Waals surface area contributed by atoms with E-state index in [1.165, 1.54) is 0 Å². The number of ether oxygens (including phenoxy) is 2. The molecule has 0 fully saturated rings. The monoisotopic (exact) mass is 361 g/mol. The molecule has 0 bridgehead atoms. The van der Waals surface area contributed by atoms with E-state index < -0.39 is 11.9 Å². The maximum Gasteiger partial charge on any atom is 0.338 e. The molecule has 1 N–H and O–H groups in total. The lowest BCUT2D eigenvalue weighted by atomic mass is 10.2. The number of nitrogens with one attached hydrogen (secondary N) is 1. The maximum absolute atomic E-state index is 11.9. The van der Waals surface area contributed by atoms with Crippen LogP contribution in [-0.2, 0) is 16.1 Å². The van der Waals surface area contributed by atoms with Crippen molar-refractivity contribution in [3.63, 3.8) is 0 Å². The average molecular weight is 361 g/mol. The largest absolute Gasteiger partial charge is 0.489 e. The second-order valence-electron chi connectivity index (χ2n) is 5.79. The lowest BCUT2D eigenvalue weighted by Crippen LogP contribution is -2.20. The molecule has 5 heteroatoms. The molecule has 3 aromatic rings. The SMILES string of the molecule is O=C(COC(=O)c1ccccc1)Nc1ccc(OCc2ccccc2)cc1. The Hall–Kier alpha value is -3.60. The van der Waals surface area contributed by atoms with E-state index >= 15 is 0 Å². The summed E-state index contributed by atoms with van der Waals surface area (Å²) in [7, 11) is 0. The Morgan fingerprint density at radius 3 is 2.07 bits per heavy atom. The molecule has 0 unspecified atom stereocenters. The minimum absolute atomic E-state index is 0.347. The van der Waals surface area contributed by atoms with Gasteiger partial charge < -0.3 is 14.8 Å². The molecule has 0 saturated carbocycles. The molecule has 136 valence electrons. The fraction of sp³-hybridized carbons (Fsp3) is 0.0909. The number of carbonyl (C=O) groups is 2. The quantitative estimate of drug-likeness (QED) is 0.645. The number of anilines is 1. The molecule has 0 aromatic heterocycles. The van der Waals surface area contributed by atoms with E-state index in [-0.39, 0.29) is 6.61 Å². The second kappa shape index (κ2) is 9.20. The molecular formula is C22H19NO4.